The summed E-state index contributed by atoms with van der Waals surface area (Å²) in [4.78, 5) is 0. The van der Waals surface area contributed by atoms with Gasteiger partial charge in [0.25, 0.3) is 10.0 Å². The Labute approximate surface area is 143 Å². The highest BCUT2D eigenvalue weighted by atomic mass is 32.2. The number of rotatable bonds is 5. The Kier molecular flexibility index (Phi) is 5.50. The molecule has 0 aromatic heterocycles. The minimum absolute atomic E-state index is 0.162. The van der Waals surface area contributed by atoms with E-state index in [4.69, 9.17) is 0 Å². The summed E-state index contributed by atoms with van der Waals surface area (Å²) in [6.07, 6.45) is 0.193. The molecule has 0 saturated heterocycles. The molecule has 26 heavy (non-hydrogen) atoms. The molecule has 2 aromatic carbocycles. The van der Waals surface area contributed by atoms with Crippen LogP contribution in [0.15, 0.2) is 23.6 Å². The fourth-order valence-electron chi connectivity index (χ4n) is 1.85. The lowest BCUT2D eigenvalue weighted by atomic mass is 10.1. The molecule has 0 spiro atoms. The SMILES string of the molecule is COc1ccc(NS(=O)(=O)/C=C/c2c(F)c(F)c(F)c(F)c2F)cc1F. The lowest BCUT2D eigenvalue weighted by molar-refractivity contribution is 0.377. The van der Waals surface area contributed by atoms with Crippen molar-refractivity contribution in [1.29, 1.82) is 0 Å². The third kappa shape index (κ3) is 3.93. The molecular weight excluding hydrogens is 388 g/mol. The molecule has 0 atom stereocenters. The smallest absolute Gasteiger partial charge is 0.255 e. The summed E-state index contributed by atoms with van der Waals surface area (Å²) >= 11 is 0. The van der Waals surface area contributed by atoms with Gasteiger partial charge in [0.05, 0.1) is 23.8 Å². The summed E-state index contributed by atoms with van der Waals surface area (Å²) in [5.41, 5.74) is -1.70. The first-order valence-electron chi connectivity index (χ1n) is 6.63. The van der Waals surface area contributed by atoms with Gasteiger partial charge in [0.2, 0.25) is 5.82 Å². The molecular formula is C15H9F6NO3S. The third-order valence-corrected chi connectivity index (χ3v) is 4.08. The first-order valence-corrected chi connectivity index (χ1v) is 8.18. The van der Waals surface area contributed by atoms with Crippen LogP contribution in [-0.4, -0.2) is 15.5 Å². The monoisotopic (exact) mass is 397 g/mol. The predicted octanol–water partition coefficient (Wildman–Crippen LogP) is 3.94. The van der Waals surface area contributed by atoms with Gasteiger partial charge in [-0.05, 0) is 18.2 Å². The number of benzene rings is 2. The number of ether oxygens (including phenoxy) is 1. The number of sulfonamides is 1. The van der Waals surface area contributed by atoms with Crippen molar-refractivity contribution in [3.63, 3.8) is 0 Å². The number of methoxy groups -OCH3 is 1. The molecule has 0 fully saturated rings. The second-order valence-electron chi connectivity index (χ2n) is 4.78. The molecule has 0 amide bonds. The summed E-state index contributed by atoms with van der Waals surface area (Å²) in [7, 11) is -3.26. The molecule has 0 aliphatic heterocycles. The first-order chi connectivity index (χ1) is 12.1. The van der Waals surface area contributed by atoms with Gasteiger partial charge in [-0.2, -0.15) is 0 Å². The Morgan fingerprint density at radius 2 is 1.46 bits per heavy atom. The van der Waals surface area contributed by atoms with E-state index < -0.39 is 50.5 Å². The Hall–Kier alpha value is -2.69. The van der Waals surface area contributed by atoms with Crippen LogP contribution < -0.4 is 9.46 Å². The average molecular weight is 397 g/mol. The average Bonchev–Trinajstić information content (AvgIpc) is 2.58. The normalized spacial score (nSPS) is 11.8. The molecule has 4 nitrogen and oxygen atoms in total. The maximum atomic E-state index is 13.5. The van der Waals surface area contributed by atoms with E-state index in [-0.39, 0.29) is 22.9 Å². The predicted molar refractivity (Wildman–Crippen MR) is 80.8 cm³/mol. The maximum absolute atomic E-state index is 13.5. The third-order valence-electron chi connectivity index (χ3n) is 3.07. The summed E-state index contributed by atoms with van der Waals surface area (Å²) in [6.45, 7) is 0. The molecule has 0 bridgehead atoms. The Bertz CT molecular complexity index is 962. The van der Waals surface area contributed by atoms with E-state index in [2.05, 4.69) is 4.74 Å². The fourth-order valence-corrected chi connectivity index (χ4v) is 2.69. The molecule has 11 heteroatoms. The molecule has 0 saturated carbocycles. The van der Waals surface area contributed by atoms with Crippen molar-refractivity contribution in [2.45, 2.75) is 0 Å². The Morgan fingerprint density at radius 3 is 1.96 bits per heavy atom. The molecule has 0 aliphatic rings. The van der Waals surface area contributed by atoms with E-state index >= 15 is 0 Å². The van der Waals surface area contributed by atoms with E-state index in [1.54, 1.807) is 0 Å². The highest BCUT2D eigenvalue weighted by Crippen LogP contribution is 2.25. The van der Waals surface area contributed by atoms with E-state index in [1.165, 1.54) is 7.11 Å². The Morgan fingerprint density at radius 1 is 0.923 bits per heavy atom. The van der Waals surface area contributed by atoms with Crippen molar-refractivity contribution in [1.82, 2.24) is 0 Å². The zero-order chi connectivity index (χ0) is 19.6. The van der Waals surface area contributed by atoms with Gasteiger partial charge in [0.15, 0.2) is 34.8 Å². The molecule has 1 N–H and O–H groups in total. The van der Waals surface area contributed by atoms with E-state index in [0.717, 1.165) is 18.2 Å². The van der Waals surface area contributed by atoms with Crippen LogP contribution in [0.25, 0.3) is 6.08 Å². The van der Waals surface area contributed by atoms with Crippen LogP contribution in [0.5, 0.6) is 5.75 Å². The first kappa shape index (κ1) is 19.6. The largest absolute Gasteiger partial charge is 0.494 e. The lowest BCUT2D eigenvalue weighted by Gasteiger charge is -2.07. The fraction of sp³-hybridized carbons (Fsp3) is 0.0667. The van der Waals surface area contributed by atoms with Crippen LogP contribution in [0.2, 0.25) is 0 Å². The van der Waals surface area contributed by atoms with Crippen LogP contribution in [-0.2, 0) is 10.0 Å². The van der Waals surface area contributed by atoms with Gasteiger partial charge >= 0.3 is 0 Å². The van der Waals surface area contributed by atoms with Crippen molar-refractivity contribution < 1.29 is 39.5 Å². The highest BCUT2D eigenvalue weighted by Gasteiger charge is 2.24. The minimum atomic E-state index is -4.45. The van der Waals surface area contributed by atoms with Crippen LogP contribution in [0.4, 0.5) is 32.0 Å². The zero-order valence-corrected chi connectivity index (χ0v) is 13.6. The van der Waals surface area contributed by atoms with Gasteiger partial charge in [0, 0.05) is 6.07 Å². The van der Waals surface area contributed by atoms with Crippen molar-refractivity contribution in [3.8, 4) is 5.75 Å². The summed E-state index contributed by atoms with van der Waals surface area (Å²) < 4.78 is 110. The lowest BCUT2D eigenvalue weighted by Crippen LogP contribution is -2.10. The molecule has 2 aromatic rings. The van der Waals surface area contributed by atoms with E-state index in [0.29, 0.717) is 0 Å². The molecule has 0 unspecified atom stereocenters. The number of hydrogen-bond acceptors (Lipinski definition) is 3. The van der Waals surface area contributed by atoms with Crippen LogP contribution in [0.3, 0.4) is 0 Å². The van der Waals surface area contributed by atoms with Crippen molar-refractivity contribution in [3.05, 3.63) is 64.1 Å². The van der Waals surface area contributed by atoms with Gasteiger partial charge in [-0.25, -0.2) is 34.8 Å². The van der Waals surface area contributed by atoms with Crippen LogP contribution in [0.1, 0.15) is 5.56 Å². The van der Waals surface area contributed by atoms with Crippen LogP contribution in [0, 0.1) is 34.9 Å². The number of hydrogen-bond donors (Lipinski definition) is 1. The maximum Gasteiger partial charge on any atom is 0.255 e. The summed E-state index contributed by atoms with van der Waals surface area (Å²) in [6, 6.07) is 3.01. The number of anilines is 1. The molecule has 2 rings (SSSR count). The second-order valence-corrected chi connectivity index (χ2v) is 6.35. The zero-order valence-electron chi connectivity index (χ0n) is 12.8. The Balaban J connectivity index is 2.34. The standard InChI is InChI=1S/C15H9F6NO3S/c1-25-10-3-2-7(6-9(10)16)22-26(23,24)5-4-8-11(17)13(19)15(21)14(20)12(8)18/h2-6,22H,1H3/b5-4+. The second kappa shape index (κ2) is 7.28. The minimum Gasteiger partial charge on any atom is -0.494 e. The topological polar surface area (TPSA) is 55.4 Å². The highest BCUT2D eigenvalue weighted by molar-refractivity contribution is 7.95. The van der Waals surface area contributed by atoms with Gasteiger partial charge in [-0.1, -0.05) is 0 Å². The van der Waals surface area contributed by atoms with Gasteiger partial charge in [0.1, 0.15) is 0 Å². The molecule has 0 radical (unpaired) electrons. The van der Waals surface area contributed by atoms with Gasteiger partial charge in [-0.15, -0.1) is 0 Å². The van der Waals surface area contributed by atoms with Crippen LogP contribution >= 0.6 is 0 Å². The van der Waals surface area contributed by atoms with Gasteiger partial charge < -0.3 is 4.74 Å². The number of nitrogens with one attached hydrogen (secondary N) is 1. The molecule has 140 valence electrons. The quantitative estimate of drug-likeness (QED) is 0.472. The summed E-state index contributed by atoms with van der Waals surface area (Å²) in [5, 5.41) is 0.174. The summed E-state index contributed by atoms with van der Waals surface area (Å²) in [5.74, 6) is -12.2. The van der Waals surface area contributed by atoms with E-state index in [9.17, 15) is 34.8 Å². The van der Waals surface area contributed by atoms with Crippen molar-refractivity contribution in [2.24, 2.45) is 0 Å². The van der Waals surface area contributed by atoms with Crippen molar-refractivity contribution in [2.75, 3.05) is 11.8 Å². The van der Waals surface area contributed by atoms with Gasteiger partial charge in [-0.3, -0.25) is 4.72 Å². The molecule has 0 heterocycles. The van der Waals surface area contributed by atoms with E-state index in [1.807, 2.05) is 4.72 Å². The van der Waals surface area contributed by atoms with Crippen molar-refractivity contribution >= 4 is 21.8 Å². The molecule has 0 aliphatic carbocycles. The number of halogens is 6.